The second-order valence-electron chi connectivity index (χ2n) is 2.41. The molecule has 0 saturated heterocycles. The number of para-hydroxylation sites is 1. The summed E-state index contributed by atoms with van der Waals surface area (Å²) in [7, 11) is 0. The predicted molar refractivity (Wildman–Crippen MR) is 34.7 cm³/mol. The molecule has 3 heteroatoms. The number of rotatable bonds is 0. The normalized spacial score (nSPS) is 19.1. The van der Waals surface area contributed by atoms with Crippen molar-refractivity contribution in [3.8, 4) is 5.75 Å². The Morgan fingerprint density at radius 2 is 2.36 bits per heavy atom. The van der Waals surface area contributed by atoms with Crippen LogP contribution in [-0.4, -0.2) is 6.61 Å². The minimum Gasteiger partial charge on any atom is -0.486 e. The molecular weight excluding hydrogens is 150 g/mol. The van der Waals surface area contributed by atoms with Crippen LogP contribution in [0, 0.1) is 6.07 Å². The van der Waals surface area contributed by atoms with Gasteiger partial charge < -0.3 is 4.74 Å². The lowest BCUT2D eigenvalue weighted by atomic mass is 10.1. The average Bonchev–Trinajstić information content (AvgIpc) is 2.29. The molecule has 0 aromatic heterocycles. The van der Waals surface area contributed by atoms with Crippen molar-refractivity contribution in [1.82, 2.24) is 0 Å². The van der Waals surface area contributed by atoms with Gasteiger partial charge in [0.15, 0.2) is 6.61 Å². The summed E-state index contributed by atoms with van der Waals surface area (Å²) < 4.78 is 30.3. The smallest absolute Gasteiger partial charge is 0.310 e. The first-order chi connectivity index (χ1) is 5.20. The molecule has 1 aliphatic heterocycles. The average molecular weight is 155 g/mol. The quantitative estimate of drug-likeness (QED) is 0.556. The van der Waals surface area contributed by atoms with Gasteiger partial charge in [-0.15, -0.1) is 0 Å². The lowest BCUT2D eigenvalue weighted by molar-refractivity contribution is -0.0214. The molecule has 0 fully saturated rings. The van der Waals surface area contributed by atoms with Crippen molar-refractivity contribution >= 4 is 0 Å². The van der Waals surface area contributed by atoms with Crippen LogP contribution in [0.15, 0.2) is 18.2 Å². The summed E-state index contributed by atoms with van der Waals surface area (Å²) >= 11 is 0. The van der Waals surface area contributed by atoms with E-state index in [1.165, 1.54) is 12.1 Å². The van der Waals surface area contributed by atoms with Crippen molar-refractivity contribution in [2.24, 2.45) is 0 Å². The molecule has 0 amide bonds. The molecule has 0 bridgehead atoms. The molecule has 0 N–H and O–H groups in total. The Balaban J connectivity index is 2.56. The summed E-state index contributed by atoms with van der Waals surface area (Å²) in [5.74, 6) is -2.65. The van der Waals surface area contributed by atoms with Crippen molar-refractivity contribution in [3.05, 3.63) is 29.8 Å². The topological polar surface area (TPSA) is 9.23 Å². The Bertz CT molecular complexity index is 283. The van der Waals surface area contributed by atoms with E-state index in [1.54, 1.807) is 6.07 Å². The van der Waals surface area contributed by atoms with E-state index in [1.807, 2.05) is 0 Å². The monoisotopic (exact) mass is 155 g/mol. The molecule has 1 nitrogen and oxygen atoms in total. The summed E-state index contributed by atoms with van der Waals surface area (Å²) in [6.45, 7) is -0.553. The van der Waals surface area contributed by atoms with Gasteiger partial charge in [-0.05, 0) is 6.07 Å². The lowest BCUT2D eigenvalue weighted by Crippen LogP contribution is -2.14. The Hall–Kier alpha value is -1.12. The highest BCUT2D eigenvalue weighted by Gasteiger charge is 2.40. The van der Waals surface area contributed by atoms with E-state index in [0.717, 1.165) is 0 Å². The summed E-state index contributed by atoms with van der Waals surface area (Å²) in [4.78, 5) is 0. The van der Waals surface area contributed by atoms with Gasteiger partial charge in [-0.3, -0.25) is 0 Å². The van der Waals surface area contributed by atoms with E-state index in [2.05, 4.69) is 6.07 Å². The zero-order valence-electron chi connectivity index (χ0n) is 5.60. The standard InChI is InChI=1S/C8H5F2O/c9-8(10)5-11-7-4-2-1-3-6(7)8/h1-3H,5H2. The number of hydrogen-bond acceptors (Lipinski definition) is 1. The maximum Gasteiger partial charge on any atom is 0.310 e. The van der Waals surface area contributed by atoms with Crippen LogP contribution in [0.5, 0.6) is 5.75 Å². The Kier molecular flexibility index (Phi) is 1.16. The van der Waals surface area contributed by atoms with Crippen molar-refractivity contribution in [2.45, 2.75) is 5.92 Å². The van der Waals surface area contributed by atoms with E-state index in [0.29, 0.717) is 0 Å². The molecule has 1 aliphatic rings. The van der Waals surface area contributed by atoms with Gasteiger partial charge in [0.05, 0.1) is 5.56 Å². The van der Waals surface area contributed by atoms with Crippen molar-refractivity contribution in [1.29, 1.82) is 0 Å². The van der Waals surface area contributed by atoms with Crippen LogP contribution in [-0.2, 0) is 5.92 Å². The number of fused-ring (bicyclic) bond motifs is 1. The molecule has 0 atom stereocenters. The van der Waals surface area contributed by atoms with Gasteiger partial charge in [0.25, 0.3) is 0 Å². The van der Waals surface area contributed by atoms with Crippen molar-refractivity contribution in [3.63, 3.8) is 0 Å². The van der Waals surface area contributed by atoms with Gasteiger partial charge in [0.1, 0.15) is 5.75 Å². The minimum absolute atomic E-state index is 0.0556. The van der Waals surface area contributed by atoms with Crippen molar-refractivity contribution < 1.29 is 13.5 Å². The van der Waals surface area contributed by atoms with Crippen LogP contribution in [0.4, 0.5) is 8.78 Å². The zero-order chi connectivity index (χ0) is 7.90. The molecule has 0 unspecified atom stereocenters. The first-order valence-electron chi connectivity index (χ1n) is 3.22. The number of alkyl halides is 2. The molecule has 1 aromatic rings. The second kappa shape index (κ2) is 1.94. The molecule has 0 saturated carbocycles. The maximum atomic E-state index is 12.8. The van der Waals surface area contributed by atoms with Gasteiger partial charge >= 0.3 is 5.92 Å². The molecule has 0 spiro atoms. The number of benzene rings is 1. The van der Waals surface area contributed by atoms with Gasteiger partial charge in [0.2, 0.25) is 0 Å². The number of halogens is 2. The summed E-state index contributed by atoms with van der Waals surface area (Å²) in [5.41, 5.74) is -0.0556. The molecule has 1 radical (unpaired) electrons. The molecule has 1 heterocycles. The Labute approximate surface area is 62.6 Å². The fourth-order valence-electron chi connectivity index (χ4n) is 1.07. The SMILES string of the molecule is FC1(F)COc2[c]cccc21. The molecule has 11 heavy (non-hydrogen) atoms. The molecule has 1 aromatic carbocycles. The highest BCUT2D eigenvalue weighted by atomic mass is 19.3. The van der Waals surface area contributed by atoms with Crippen LogP contribution >= 0.6 is 0 Å². The molecule has 0 aliphatic carbocycles. The van der Waals surface area contributed by atoms with E-state index >= 15 is 0 Å². The number of ether oxygens (including phenoxy) is 1. The third-order valence-electron chi connectivity index (χ3n) is 1.61. The maximum absolute atomic E-state index is 12.8. The van der Waals surface area contributed by atoms with E-state index in [4.69, 9.17) is 4.74 Å². The molecular formula is C8H5F2O. The zero-order valence-corrected chi connectivity index (χ0v) is 5.60. The minimum atomic E-state index is -2.83. The second-order valence-corrected chi connectivity index (χ2v) is 2.41. The third kappa shape index (κ3) is 0.878. The highest BCUT2D eigenvalue weighted by molar-refractivity contribution is 5.38. The van der Waals surface area contributed by atoms with Crippen LogP contribution in [0.3, 0.4) is 0 Å². The van der Waals surface area contributed by atoms with Gasteiger partial charge in [-0.25, -0.2) is 0 Å². The van der Waals surface area contributed by atoms with Gasteiger partial charge in [0, 0.05) is 6.07 Å². The van der Waals surface area contributed by atoms with Crippen LogP contribution in [0.2, 0.25) is 0 Å². The van der Waals surface area contributed by atoms with Crippen LogP contribution in [0.25, 0.3) is 0 Å². The van der Waals surface area contributed by atoms with E-state index in [-0.39, 0.29) is 11.3 Å². The van der Waals surface area contributed by atoms with E-state index in [9.17, 15) is 8.78 Å². The molecule has 57 valence electrons. The molecule has 2 rings (SSSR count). The predicted octanol–water partition coefficient (Wildman–Crippen LogP) is 1.97. The van der Waals surface area contributed by atoms with E-state index < -0.39 is 12.5 Å². The largest absolute Gasteiger partial charge is 0.486 e. The first kappa shape index (κ1) is 6.58. The van der Waals surface area contributed by atoms with Crippen molar-refractivity contribution in [2.75, 3.05) is 6.61 Å². The Morgan fingerprint density at radius 1 is 1.55 bits per heavy atom. The van der Waals surface area contributed by atoms with Crippen LogP contribution in [0.1, 0.15) is 5.56 Å². The summed E-state index contributed by atoms with van der Waals surface area (Å²) in [5, 5.41) is 0. The third-order valence-corrected chi connectivity index (χ3v) is 1.61. The summed E-state index contributed by atoms with van der Waals surface area (Å²) in [6.07, 6.45) is 0. The lowest BCUT2D eigenvalue weighted by Gasteiger charge is -2.04. The van der Waals surface area contributed by atoms with Gasteiger partial charge in [-0.2, -0.15) is 8.78 Å². The number of hydrogen-bond donors (Lipinski definition) is 0. The van der Waals surface area contributed by atoms with Crippen LogP contribution < -0.4 is 4.74 Å². The highest BCUT2D eigenvalue weighted by Crippen LogP contribution is 2.40. The fourth-order valence-corrected chi connectivity index (χ4v) is 1.07. The fraction of sp³-hybridized carbons (Fsp3) is 0.250. The first-order valence-corrected chi connectivity index (χ1v) is 3.22. The van der Waals surface area contributed by atoms with Gasteiger partial charge in [-0.1, -0.05) is 12.1 Å². The summed E-state index contributed by atoms with van der Waals surface area (Å²) in [6, 6.07) is 7.05. The Morgan fingerprint density at radius 3 is 3.09 bits per heavy atom.